The first-order valence-electron chi connectivity index (χ1n) is 8.37. The summed E-state index contributed by atoms with van der Waals surface area (Å²) < 4.78 is 76.1. The van der Waals surface area contributed by atoms with Crippen LogP contribution in [0.15, 0.2) is 54.6 Å². The highest BCUT2D eigenvalue weighted by Gasteiger charge is 2.49. The number of benzene rings is 3. The van der Waals surface area contributed by atoms with Crippen molar-refractivity contribution in [3.05, 3.63) is 65.7 Å². The molecule has 10 heteroatoms. The molecule has 3 aromatic rings. The number of halogens is 3. The van der Waals surface area contributed by atoms with Gasteiger partial charge >= 0.3 is 15.6 Å². The Morgan fingerprint density at radius 2 is 1.43 bits per heavy atom. The van der Waals surface area contributed by atoms with Crippen LogP contribution in [0.5, 0.6) is 17.2 Å². The molecule has 0 heterocycles. The van der Waals surface area contributed by atoms with Crippen molar-refractivity contribution in [1.82, 2.24) is 0 Å². The van der Waals surface area contributed by atoms with Crippen molar-refractivity contribution < 1.29 is 40.0 Å². The second kappa shape index (κ2) is 7.86. The molecule has 0 atom stereocenters. The molecule has 0 aliphatic heterocycles. The third kappa shape index (κ3) is 4.18. The predicted octanol–water partition coefficient (Wildman–Crippen LogP) is 4.32. The molecule has 0 spiro atoms. The van der Waals surface area contributed by atoms with Gasteiger partial charge in [-0.25, -0.2) is 0 Å². The van der Waals surface area contributed by atoms with Crippen molar-refractivity contribution in [2.75, 3.05) is 14.2 Å². The second-order valence-corrected chi connectivity index (χ2v) is 7.64. The summed E-state index contributed by atoms with van der Waals surface area (Å²) >= 11 is 0. The number of ether oxygens (including phenoxy) is 2. The summed E-state index contributed by atoms with van der Waals surface area (Å²) in [6, 6.07) is 12.8. The molecule has 0 aliphatic carbocycles. The summed E-state index contributed by atoms with van der Waals surface area (Å²) in [5.41, 5.74) is -5.89. The number of hydrogen-bond acceptors (Lipinski definition) is 6. The van der Waals surface area contributed by atoms with Gasteiger partial charge < -0.3 is 13.7 Å². The number of rotatable bonds is 6. The van der Waals surface area contributed by atoms with E-state index in [1.807, 2.05) is 0 Å². The minimum atomic E-state index is -5.99. The molecule has 0 bridgehead atoms. The lowest BCUT2D eigenvalue weighted by Crippen LogP contribution is -2.28. The third-order valence-corrected chi connectivity index (χ3v) is 5.19. The van der Waals surface area contributed by atoms with Crippen LogP contribution in [0.2, 0.25) is 0 Å². The maximum atomic E-state index is 12.9. The predicted molar refractivity (Wildman–Crippen MR) is 103 cm³/mol. The van der Waals surface area contributed by atoms with Crippen LogP contribution in [0, 0.1) is 0 Å². The van der Waals surface area contributed by atoms with E-state index in [1.54, 1.807) is 12.1 Å². The van der Waals surface area contributed by atoms with Crippen LogP contribution in [0.4, 0.5) is 13.2 Å². The second-order valence-electron chi connectivity index (χ2n) is 6.10. The van der Waals surface area contributed by atoms with Gasteiger partial charge in [0.2, 0.25) is 0 Å². The van der Waals surface area contributed by atoms with Crippen LogP contribution < -0.4 is 13.7 Å². The number of ketones is 1. The van der Waals surface area contributed by atoms with Crippen molar-refractivity contribution in [2.45, 2.75) is 5.51 Å². The monoisotopic (exact) mass is 440 g/mol. The van der Waals surface area contributed by atoms with Gasteiger partial charge in [0.15, 0.2) is 11.5 Å². The molecule has 0 N–H and O–H groups in total. The average molecular weight is 440 g/mol. The minimum absolute atomic E-state index is 0.109. The third-order valence-electron chi connectivity index (χ3n) is 4.23. The summed E-state index contributed by atoms with van der Waals surface area (Å²) in [6.45, 7) is 0. The van der Waals surface area contributed by atoms with Crippen molar-refractivity contribution in [2.24, 2.45) is 0 Å². The molecule has 158 valence electrons. The van der Waals surface area contributed by atoms with Gasteiger partial charge in [0.05, 0.1) is 19.8 Å². The van der Waals surface area contributed by atoms with Crippen LogP contribution in [-0.2, 0) is 10.1 Å². The van der Waals surface area contributed by atoms with Gasteiger partial charge in [0.25, 0.3) is 0 Å². The molecule has 30 heavy (non-hydrogen) atoms. The largest absolute Gasteiger partial charge is 0.534 e. The highest BCUT2D eigenvalue weighted by molar-refractivity contribution is 7.88. The maximum absolute atomic E-state index is 12.9. The molecular weight excluding hydrogens is 425 g/mol. The Labute approximate surface area is 169 Å². The van der Waals surface area contributed by atoms with Gasteiger partial charge in [-0.15, -0.1) is 0 Å². The number of alkyl halides is 3. The number of carbonyl (C=O) groups excluding carboxylic acids is 1. The smallest absolute Gasteiger partial charge is 0.497 e. The summed E-state index contributed by atoms with van der Waals surface area (Å²) in [6.07, 6.45) is 0. The van der Waals surface area contributed by atoms with Crippen LogP contribution in [0.1, 0.15) is 15.9 Å². The Kier molecular flexibility index (Phi) is 5.62. The van der Waals surface area contributed by atoms with Crippen molar-refractivity contribution in [3.8, 4) is 17.2 Å². The van der Waals surface area contributed by atoms with Gasteiger partial charge in [-0.05, 0) is 59.3 Å². The fourth-order valence-corrected chi connectivity index (χ4v) is 3.16. The number of fused-ring (bicyclic) bond motifs is 1. The molecule has 3 rings (SSSR count). The van der Waals surface area contributed by atoms with Crippen molar-refractivity contribution in [3.63, 3.8) is 0 Å². The molecule has 0 amide bonds. The van der Waals surface area contributed by atoms with Crippen LogP contribution in [0.3, 0.4) is 0 Å². The average Bonchev–Trinajstić information content (AvgIpc) is 2.71. The van der Waals surface area contributed by atoms with E-state index in [9.17, 15) is 26.4 Å². The summed E-state index contributed by atoms with van der Waals surface area (Å²) in [4.78, 5) is 12.9. The number of methoxy groups -OCH3 is 2. The first-order chi connectivity index (χ1) is 14.1. The van der Waals surface area contributed by atoms with Gasteiger partial charge in [-0.3, -0.25) is 4.79 Å². The van der Waals surface area contributed by atoms with Gasteiger partial charge in [-0.1, -0.05) is 6.07 Å². The molecule has 0 unspecified atom stereocenters. The molecule has 0 radical (unpaired) electrons. The lowest BCUT2D eigenvalue weighted by Gasteiger charge is -2.14. The Hall–Kier alpha value is -3.27. The molecule has 0 saturated carbocycles. The molecular formula is C20H15F3O6S. The lowest BCUT2D eigenvalue weighted by atomic mass is 9.98. The van der Waals surface area contributed by atoms with E-state index in [0.717, 1.165) is 6.07 Å². The first kappa shape index (κ1) is 21.4. The van der Waals surface area contributed by atoms with Crippen molar-refractivity contribution in [1.29, 1.82) is 0 Å². The van der Waals surface area contributed by atoms with E-state index in [0.29, 0.717) is 22.3 Å². The molecule has 6 nitrogen and oxygen atoms in total. The summed E-state index contributed by atoms with van der Waals surface area (Å²) in [5.74, 6) is -0.605. The molecule has 0 aromatic heterocycles. The lowest BCUT2D eigenvalue weighted by molar-refractivity contribution is -0.0500. The van der Waals surface area contributed by atoms with Gasteiger partial charge in [0.1, 0.15) is 11.5 Å². The number of carbonyl (C=O) groups is 1. The van der Waals surface area contributed by atoms with Crippen LogP contribution >= 0.6 is 0 Å². The Morgan fingerprint density at radius 1 is 0.833 bits per heavy atom. The normalized spacial score (nSPS) is 11.9. The Balaban J connectivity index is 2.18. The minimum Gasteiger partial charge on any atom is -0.497 e. The van der Waals surface area contributed by atoms with E-state index in [1.165, 1.54) is 50.6 Å². The van der Waals surface area contributed by atoms with Crippen molar-refractivity contribution >= 4 is 26.7 Å². The molecule has 0 saturated heterocycles. The summed E-state index contributed by atoms with van der Waals surface area (Å²) in [5, 5.41) is 0.803. The van der Waals surface area contributed by atoms with E-state index >= 15 is 0 Å². The highest BCUT2D eigenvalue weighted by Crippen LogP contribution is 2.34. The van der Waals surface area contributed by atoms with E-state index < -0.39 is 27.2 Å². The first-order valence-corrected chi connectivity index (χ1v) is 9.78. The van der Waals surface area contributed by atoms with E-state index in [4.69, 9.17) is 9.47 Å². The van der Waals surface area contributed by atoms with Crippen LogP contribution in [0.25, 0.3) is 10.8 Å². The van der Waals surface area contributed by atoms with Gasteiger partial charge in [-0.2, -0.15) is 21.6 Å². The highest BCUT2D eigenvalue weighted by atomic mass is 32.2. The molecule has 3 aromatic carbocycles. The fourth-order valence-electron chi connectivity index (χ4n) is 2.69. The SMILES string of the molecule is COc1ccc(C(=O)c2cc3ccc(OC)cc3cc2OS(=O)(=O)C(F)(F)F)cc1. The Bertz CT molecular complexity index is 1200. The molecule has 0 aliphatic rings. The zero-order chi connectivity index (χ0) is 22.1. The number of hydrogen-bond donors (Lipinski definition) is 0. The standard InChI is InChI=1S/C20H15F3O6S/c1-27-15-6-3-12(4-7-15)19(24)17-10-13-5-8-16(28-2)9-14(13)11-18(17)29-30(25,26)20(21,22)23/h3-11H,1-2H3. The van der Waals surface area contributed by atoms with Crippen LogP contribution in [-0.4, -0.2) is 33.9 Å². The fraction of sp³-hybridized carbons (Fsp3) is 0.150. The topological polar surface area (TPSA) is 78.9 Å². The summed E-state index contributed by atoms with van der Waals surface area (Å²) in [7, 11) is -3.16. The van der Waals surface area contributed by atoms with E-state index in [2.05, 4.69) is 4.18 Å². The van der Waals surface area contributed by atoms with Gasteiger partial charge in [0, 0.05) is 5.56 Å². The zero-order valence-corrected chi connectivity index (χ0v) is 16.5. The zero-order valence-electron chi connectivity index (χ0n) is 15.7. The quantitative estimate of drug-likeness (QED) is 0.323. The van der Waals surface area contributed by atoms with E-state index in [-0.39, 0.29) is 11.1 Å². The Morgan fingerprint density at radius 3 is 2.00 bits per heavy atom. The maximum Gasteiger partial charge on any atom is 0.534 e. The molecule has 0 fully saturated rings.